The van der Waals surface area contributed by atoms with E-state index in [1.807, 2.05) is 13.8 Å². The lowest BCUT2D eigenvalue weighted by Crippen LogP contribution is -2.09. The van der Waals surface area contributed by atoms with E-state index in [1.165, 1.54) is 35.6 Å². The second kappa shape index (κ2) is 7.04. The summed E-state index contributed by atoms with van der Waals surface area (Å²) in [5, 5.41) is 18.5. The third kappa shape index (κ3) is 3.62. The molecule has 0 saturated carbocycles. The number of nitro groups is 1. The highest BCUT2D eigenvalue weighted by molar-refractivity contribution is 7.12. The van der Waals surface area contributed by atoms with Crippen molar-refractivity contribution in [2.45, 2.75) is 26.9 Å². The van der Waals surface area contributed by atoms with Gasteiger partial charge in [0.05, 0.1) is 10.5 Å². The van der Waals surface area contributed by atoms with Gasteiger partial charge in [-0.05, 0) is 39.0 Å². The molecule has 3 rings (SSSR count). The quantitative estimate of drug-likeness (QED) is 0.374. The molecule has 0 bridgehead atoms. The number of ether oxygens (including phenoxy) is 1. The van der Waals surface area contributed by atoms with E-state index in [-0.39, 0.29) is 17.5 Å². The van der Waals surface area contributed by atoms with Crippen molar-refractivity contribution in [3.63, 3.8) is 0 Å². The van der Waals surface area contributed by atoms with Crippen molar-refractivity contribution in [3.8, 4) is 11.5 Å². The minimum absolute atomic E-state index is 0.0304. The average molecular weight is 373 g/mol. The Morgan fingerprint density at radius 2 is 1.96 bits per heavy atom. The van der Waals surface area contributed by atoms with E-state index in [0.29, 0.717) is 11.1 Å². The lowest BCUT2D eigenvalue weighted by molar-refractivity contribution is -0.384. The van der Waals surface area contributed by atoms with E-state index in [1.54, 1.807) is 13.0 Å². The SMILES string of the molecule is Cc1cc(C(=O)O[C@H](C)c2nnc(-c3ccc([N+](=O)[O-])cc3)o2)c(C)s1. The van der Waals surface area contributed by atoms with Gasteiger partial charge in [0.2, 0.25) is 5.89 Å². The Hall–Kier alpha value is -3.07. The molecule has 1 aromatic carbocycles. The van der Waals surface area contributed by atoms with Crippen LogP contribution in [0.5, 0.6) is 0 Å². The molecule has 0 aliphatic rings. The molecule has 0 N–H and O–H groups in total. The van der Waals surface area contributed by atoms with Gasteiger partial charge in [0, 0.05) is 27.5 Å². The number of aryl methyl sites for hydroxylation is 2. The predicted octanol–water partition coefficient (Wildman–Crippen LogP) is 4.24. The van der Waals surface area contributed by atoms with Crippen LogP contribution in [0.3, 0.4) is 0 Å². The Morgan fingerprint density at radius 1 is 1.27 bits per heavy atom. The zero-order chi connectivity index (χ0) is 18.8. The summed E-state index contributed by atoms with van der Waals surface area (Å²) in [6, 6.07) is 7.52. The third-order valence-corrected chi connectivity index (χ3v) is 4.62. The maximum Gasteiger partial charge on any atom is 0.340 e. The maximum absolute atomic E-state index is 12.3. The van der Waals surface area contributed by atoms with Crippen LogP contribution in [-0.4, -0.2) is 21.1 Å². The maximum atomic E-state index is 12.3. The van der Waals surface area contributed by atoms with Crippen LogP contribution in [-0.2, 0) is 4.74 Å². The first-order valence-corrected chi connectivity index (χ1v) is 8.53. The standard InChI is InChI=1S/C17H15N3O5S/c1-9-8-14(11(3)26-9)17(21)24-10(2)15-18-19-16(25-15)12-4-6-13(7-5-12)20(22)23/h4-8,10H,1-3H3/t10-/m1/s1. The number of nitrogens with zero attached hydrogens (tertiary/aromatic N) is 3. The molecular formula is C17H15N3O5S. The Kier molecular flexibility index (Phi) is 4.81. The number of nitro benzene ring substituents is 1. The van der Waals surface area contributed by atoms with E-state index in [9.17, 15) is 14.9 Å². The molecule has 0 aliphatic carbocycles. The predicted molar refractivity (Wildman–Crippen MR) is 94.0 cm³/mol. The van der Waals surface area contributed by atoms with Gasteiger partial charge >= 0.3 is 5.97 Å². The summed E-state index contributed by atoms with van der Waals surface area (Å²) in [4.78, 5) is 24.4. The van der Waals surface area contributed by atoms with Crippen LogP contribution in [0.1, 0.15) is 39.0 Å². The molecule has 0 aliphatic heterocycles. The molecule has 0 unspecified atom stereocenters. The van der Waals surface area contributed by atoms with Crippen LogP contribution in [0.2, 0.25) is 0 Å². The van der Waals surface area contributed by atoms with Gasteiger partial charge in [-0.25, -0.2) is 4.79 Å². The van der Waals surface area contributed by atoms with Gasteiger partial charge in [-0.2, -0.15) is 0 Å². The number of thiophene rings is 1. The largest absolute Gasteiger partial charge is 0.449 e. The van der Waals surface area contributed by atoms with Crippen LogP contribution in [0.25, 0.3) is 11.5 Å². The summed E-state index contributed by atoms with van der Waals surface area (Å²) in [7, 11) is 0. The lowest BCUT2D eigenvalue weighted by atomic mass is 10.2. The van der Waals surface area contributed by atoms with Gasteiger partial charge in [-0.3, -0.25) is 10.1 Å². The van der Waals surface area contributed by atoms with Gasteiger partial charge in [0.15, 0.2) is 6.10 Å². The zero-order valence-electron chi connectivity index (χ0n) is 14.3. The first-order valence-electron chi connectivity index (χ1n) is 7.71. The Balaban J connectivity index is 1.73. The fourth-order valence-electron chi connectivity index (χ4n) is 2.35. The highest BCUT2D eigenvalue weighted by Crippen LogP contribution is 2.26. The van der Waals surface area contributed by atoms with Gasteiger partial charge in [-0.1, -0.05) is 0 Å². The number of rotatable bonds is 5. The number of aromatic nitrogens is 2. The van der Waals surface area contributed by atoms with E-state index >= 15 is 0 Å². The molecule has 8 nitrogen and oxygen atoms in total. The molecule has 3 aromatic rings. The summed E-state index contributed by atoms with van der Waals surface area (Å²) in [6.45, 7) is 5.42. The molecule has 9 heteroatoms. The van der Waals surface area contributed by atoms with Crippen LogP contribution < -0.4 is 0 Å². The highest BCUT2D eigenvalue weighted by atomic mass is 32.1. The van der Waals surface area contributed by atoms with E-state index in [2.05, 4.69) is 10.2 Å². The molecular weight excluding hydrogens is 358 g/mol. The number of benzene rings is 1. The average Bonchev–Trinajstić information content (AvgIpc) is 3.21. The molecule has 0 fully saturated rings. The molecule has 2 heterocycles. The third-order valence-electron chi connectivity index (χ3n) is 3.66. The van der Waals surface area contributed by atoms with Crippen molar-refractivity contribution in [1.29, 1.82) is 0 Å². The molecule has 134 valence electrons. The summed E-state index contributed by atoms with van der Waals surface area (Å²) >= 11 is 1.52. The van der Waals surface area contributed by atoms with Crippen LogP contribution in [0.4, 0.5) is 5.69 Å². The molecule has 26 heavy (non-hydrogen) atoms. The summed E-state index contributed by atoms with van der Waals surface area (Å²) in [5.41, 5.74) is 1.03. The molecule has 0 amide bonds. The van der Waals surface area contributed by atoms with Crippen molar-refractivity contribution in [2.24, 2.45) is 0 Å². The van der Waals surface area contributed by atoms with Gasteiger partial charge in [0.1, 0.15) is 0 Å². The van der Waals surface area contributed by atoms with Crippen LogP contribution in [0.15, 0.2) is 34.7 Å². The minimum atomic E-state index is -0.721. The number of hydrogen-bond acceptors (Lipinski definition) is 8. The van der Waals surface area contributed by atoms with E-state index < -0.39 is 17.0 Å². The van der Waals surface area contributed by atoms with Crippen LogP contribution >= 0.6 is 11.3 Å². The second-order valence-electron chi connectivity index (χ2n) is 5.62. The van der Waals surface area contributed by atoms with Crippen LogP contribution in [0, 0.1) is 24.0 Å². The second-order valence-corrected chi connectivity index (χ2v) is 7.08. The van der Waals surface area contributed by atoms with Gasteiger partial charge in [0.25, 0.3) is 11.6 Å². The van der Waals surface area contributed by atoms with Crippen molar-refractivity contribution in [2.75, 3.05) is 0 Å². The monoisotopic (exact) mass is 373 g/mol. The summed E-state index contributed by atoms with van der Waals surface area (Å²) in [6.07, 6.45) is -0.721. The number of carbonyl (C=O) groups is 1. The summed E-state index contributed by atoms with van der Waals surface area (Å²) < 4.78 is 10.9. The number of hydrogen-bond donors (Lipinski definition) is 0. The van der Waals surface area contributed by atoms with Crippen molar-refractivity contribution < 1.29 is 18.9 Å². The number of non-ortho nitro benzene ring substituents is 1. The topological polar surface area (TPSA) is 108 Å². The van der Waals surface area contributed by atoms with E-state index in [4.69, 9.17) is 9.15 Å². The first kappa shape index (κ1) is 17.7. The number of carbonyl (C=O) groups excluding carboxylic acids is 1. The number of esters is 1. The molecule has 0 saturated heterocycles. The Labute approximate surface area is 152 Å². The fraction of sp³-hybridized carbons (Fsp3) is 0.235. The molecule has 0 spiro atoms. The lowest BCUT2D eigenvalue weighted by Gasteiger charge is -2.08. The molecule has 0 radical (unpaired) electrons. The van der Waals surface area contributed by atoms with Gasteiger partial charge in [-0.15, -0.1) is 21.5 Å². The minimum Gasteiger partial charge on any atom is -0.449 e. The highest BCUT2D eigenvalue weighted by Gasteiger charge is 2.22. The van der Waals surface area contributed by atoms with E-state index in [0.717, 1.165) is 9.75 Å². The van der Waals surface area contributed by atoms with Crippen molar-refractivity contribution in [1.82, 2.24) is 10.2 Å². The summed E-state index contributed by atoms with van der Waals surface area (Å²) in [5.74, 6) is -0.105. The smallest absolute Gasteiger partial charge is 0.340 e. The zero-order valence-corrected chi connectivity index (χ0v) is 15.1. The normalized spacial score (nSPS) is 12.0. The Morgan fingerprint density at radius 3 is 2.54 bits per heavy atom. The fourth-order valence-corrected chi connectivity index (χ4v) is 3.26. The molecule has 2 aromatic heterocycles. The van der Waals surface area contributed by atoms with Crippen molar-refractivity contribution >= 4 is 23.0 Å². The Bertz CT molecular complexity index is 961. The van der Waals surface area contributed by atoms with Crippen molar-refractivity contribution in [3.05, 3.63) is 61.7 Å². The molecule has 1 atom stereocenters. The first-order chi connectivity index (χ1) is 12.3. The van der Waals surface area contributed by atoms with Gasteiger partial charge < -0.3 is 9.15 Å².